The van der Waals surface area contributed by atoms with E-state index in [0.29, 0.717) is 55.3 Å². The van der Waals surface area contributed by atoms with Gasteiger partial charge < -0.3 is 24.0 Å². The van der Waals surface area contributed by atoms with Gasteiger partial charge in [-0.2, -0.15) is 5.10 Å². The van der Waals surface area contributed by atoms with E-state index < -0.39 is 5.41 Å². The van der Waals surface area contributed by atoms with Gasteiger partial charge in [-0.05, 0) is 43.5 Å². The van der Waals surface area contributed by atoms with Crippen LogP contribution in [-0.4, -0.2) is 67.9 Å². The summed E-state index contributed by atoms with van der Waals surface area (Å²) in [6.45, 7) is 1.69. The van der Waals surface area contributed by atoms with Crippen LogP contribution in [0.25, 0.3) is 11.1 Å². The summed E-state index contributed by atoms with van der Waals surface area (Å²) in [7, 11) is 4.74. The van der Waals surface area contributed by atoms with E-state index in [2.05, 4.69) is 10.2 Å². The Morgan fingerprint density at radius 1 is 0.944 bits per heavy atom. The molecule has 2 saturated heterocycles. The number of benzene rings is 2. The summed E-state index contributed by atoms with van der Waals surface area (Å²) in [5.74, 6) is 1.83. The minimum atomic E-state index is -0.447. The molecule has 1 N–H and O–H groups in total. The molecule has 0 radical (unpaired) electrons. The van der Waals surface area contributed by atoms with Crippen LogP contribution in [0.1, 0.15) is 29.6 Å². The van der Waals surface area contributed by atoms with E-state index in [1.165, 1.54) is 0 Å². The zero-order chi connectivity index (χ0) is 25.3. The van der Waals surface area contributed by atoms with Crippen molar-refractivity contribution in [3.8, 4) is 28.4 Å². The SMILES string of the molecule is COc1ccc(C(=O)N2CCC3(CC2)CCN(c2ccc(-c4cn[nH]c4)c(OC)c2)C3=O)c(OC)c1. The second-order valence-electron chi connectivity index (χ2n) is 9.22. The van der Waals surface area contributed by atoms with Crippen LogP contribution in [0.5, 0.6) is 17.2 Å². The molecule has 0 saturated carbocycles. The number of piperidine rings is 1. The zero-order valence-electron chi connectivity index (χ0n) is 20.7. The Kier molecular flexibility index (Phi) is 6.30. The predicted octanol–water partition coefficient (Wildman–Crippen LogP) is 3.76. The van der Waals surface area contributed by atoms with Gasteiger partial charge in [0.15, 0.2) is 0 Å². The quantitative estimate of drug-likeness (QED) is 0.565. The Hall–Kier alpha value is -4.01. The number of hydrogen-bond acceptors (Lipinski definition) is 6. The lowest BCUT2D eigenvalue weighted by atomic mass is 9.77. The van der Waals surface area contributed by atoms with Crippen molar-refractivity contribution >= 4 is 17.5 Å². The number of methoxy groups -OCH3 is 3. The Labute approximate surface area is 209 Å². The number of H-pyrrole nitrogens is 1. The molecule has 2 aromatic carbocycles. The fourth-order valence-electron chi connectivity index (χ4n) is 5.30. The maximum Gasteiger partial charge on any atom is 0.257 e. The number of aromatic nitrogens is 2. The molecule has 0 unspecified atom stereocenters. The number of carbonyl (C=O) groups is 2. The number of rotatable bonds is 6. The highest BCUT2D eigenvalue weighted by atomic mass is 16.5. The van der Waals surface area contributed by atoms with Crippen molar-refractivity contribution < 1.29 is 23.8 Å². The number of nitrogens with one attached hydrogen (secondary N) is 1. The first-order chi connectivity index (χ1) is 17.5. The molecule has 5 rings (SSSR count). The van der Waals surface area contributed by atoms with E-state index in [1.807, 2.05) is 34.2 Å². The average Bonchev–Trinajstić information content (AvgIpc) is 3.57. The van der Waals surface area contributed by atoms with Crippen LogP contribution in [0.3, 0.4) is 0 Å². The fourth-order valence-corrected chi connectivity index (χ4v) is 5.30. The van der Waals surface area contributed by atoms with E-state index in [9.17, 15) is 9.59 Å². The highest BCUT2D eigenvalue weighted by molar-refractivity contribution is 6.01. The molecular weight excluding hydrogens is 460 g/mol. The number of carbonyl (C=O) groups excluding carboxylic acids is 2. The van der Waals surface area contributed by atoms with Gasteiger partial charge in [-0.25, -0.2) is 0 Å². The van der Waals surface area contributed by atoms with Gasteiger partial charge >= 0.3 is 0 Å². The largest absolute Gasteiger partial charge is 0.497 e. The summed E-state index contributed by atoms with van der Waals surface area (Å²) in [4.78, 5) is 30.6. The average molecular weight is 491 g/mol. The standard InChI is InChI=1S/C27H30N4O5/c1-34-20-5-7-22(24(15-20)36-3)25(32)30-11-8-27(9-12-30)10-13-31(26(27)33)19-4-6-21(23(14-19)35-2)18-16-28-29-17-18/h4-7,14-17H,8-13H2,1-3H3,(H,28,29). The molecule has 9 heteroatoms. The third-order valence-corrected chi connectivity index (χ3v) is 7.47. The third kappa shape index (κ3) is 4.04. The first-order valence-corrected chi connectivity index (χ1v) is 12.0. The van der Waals surface area contributed by atoms with Crippen LogP contribution in [0.4, 0.5) is 5.69 Å². The number of ether oxygens (including phenoxy) is 3. The van der Waals surface area contributed by atoms with Gasteiger partial charge in [0.05, 0.1) is 38.5 Å². The lowest BCUT2D eigenvalue weighted by molar-refractivity contribution is -0.127. The molecule has 188 valence electrons. The molecule has 2 amide bonds. The Bertz CT molecular complexity index is 1270. The second kappa shape index (κ2) is 9.56. The van der Waals surface area contributed by atoms with Gasteiger partial charge in [-0.3, -0.25) is 14.7 Å². The van der Waals surface area contributed by atoms with Gasteiger partial charge in [0.25, 0.3) is 5.91 Å². The topological polar surface area (TPSA) is 97.0 Å². The number of aromatic amines is 1. The van der Waals surface area contributed by atoms with Gasteiger partial charge in [0, 0.05) is 54.8 Å². The molecule has 36 heavy (non-hydrogen) atoms. The molecule has 1 aromatic heterocycles. The van der Waals surface area contributed by atoms with Crippen LogP contribution in [0.15, 0.2) is 48.8 Å². The van der Waals surface area contributed by atoms with Crippen LogP contribution in [-0.2, 0) is 4.79 Å². The molecule has 0 aliphatic carbocycles. The minimum absolute atomic E-state index is 0.0915. The first-order valence-electron chi connectivity index (χ1n) is 12.0. The monoisotopic (exact) mass is 490 g/mol. The number of amides is 2. The minimum Gasteiger partial charge on any atom is -0.497 e. The Morgan fingerprint density at radius 2 is 1.69 bits per heavy atom. The van der Waals surface area contributed by atoms with Crippen molar-refractivity contribution in [2.45, 2.75) is 19.3 Å². The van der Waals surface area contributed by atoms with E-state index in [-0.39, 0.29) is 11.8 Å². The lowest BCUT2D eigenvalue weighted by Crippen LogP contribution is -2.46. The first kappa shape index (κ1) is 23.7. The predicted molar refractivity (Wildman–Crippen MR) is 135 cm³/mol. The third-order valence-electron chi connectivity index (χ3n) is 7.47. The summed E-state index contributed by atoms with van der Waals surface area (Å²) in [5, 5.41) is 6.83. The summed E-state index contributed by atoms with van der Waals surface area (Å²) < 4.78 is 16.3. The van der Waals surface area contributed by atoms with Crippen molar-refractivity contribution in [3.63, 3.8) is 0 Å². The lowest BCUT2D eigenvalue weighted by Gasteiger charge is -2.38. The van der Waals surface area contributed by atoms with Crippen molar-refractivity contribution in [2.75, 3.05) is 45.9 Å². The summed E-state index contributed by atoms with van der Waals surface area (Å²) in [5.41, 5.74) is 2.71. The van der Waals surface area contributed by atoms with E-state index in [4.69, 9.17) is 14.2 Å². The van der Waals surface area contributed by atoms with Gasteiger partial charge in [0.1, 0.15) is 17.2 Å². The maximum atomic E-state index is 13.6. The summed E-state index contributed by atoms with van der Waals surface area (Å²) in [6.07, 6.45) is 5.59. The van der Waals surface area contributed by atoms with Crippen LogP contribution < -0.4 is 19.1 Å². The van der Waals surface area contributed by atoms with Crippen LogP contribution >= 0.6 is 0 Å². The molecule has 9 nitrogen and oxygen atoms in total. The zero-order valence-corrected chi connectivity index (χ0v) is 20.7. The number of hydrogen-bond donors (Lipinski definition) is 1. The molecular formula is C27H30N4O5. The molecule has 3 aromatic rings. The summed E-state index contributed by atoms with van der Waals surface area (Å²) in [6, 6.07) is 11.0. The molecule has 2 aliphatic heterocycles. The second-order valence-corrected chi connectivity index (χ2v) is 9.22. The molecule has 2 aliphatic rings. The van der Waals surface area contributed by atoms with Crippen molar-refractivity contribution in [1.29, 1.82) is 0 Å². The molecule has 3 heterocycles. The molecule has 2 fully saturated rings. The molecule has 0 bridgehead atoms. The highest BCUT2D eigenvalue weighted by Gasteiger charge is 2.49. The Balaban J connectivity index is 1.29. The fraction of sp³-hybridized carbons (Fsp3) is 0.370. The van der Waals surface area contributed by atoms with Crippen LogP contribution in [0.2, 0.25) is 0 Å². The van der Waals surface area contributed by atoms with E-state index in [1.54, 1.807) is 45.7 Å². The van der Waals surface area contributed by atoms with Crippen LogP contribution in [0, 0.1) is 5.41 Å². The Morgan fingerprint density at radius 3 is 2.36 bits per heavy atom. The molecule has 1 spiro atoms. The van der Waals surface area contributed by atoms with E-state index in [0.717, 1.165) is 23.2 Å². The number of anilines is 1. The molecule has 0 atom stereocenters. The number of nitrogens with zero attached hydrogens (tertiary/aromatic N) is 3. The van der Waals surface area contributed by atoms with Gasteiger partial charge in [0.2, 0.25) is 5.91 Å². The van der Waals surface area contributed by atoms with Gasteiger partial charge in [-0.15, -0.1) is 0 Å². The summed E-state index contributed by atoms with van der Waals surface area (Å²) >= 11 is 0. The van der Waals surface area contributed by atoms with Crippen molar-refractivity contribution in [3.05, 3.63) is 54.4 Å². The van der Waals surface area contributed by atoms with Crippen molar-refractivity contribution in [2.24, 2.45) is 5.41 Å². The van der Waals surface area contributed by atoms with E-state index >= 15 is 0 Å². The smallest absolute Gasteiger partial charge is 0.257 e. The van der Waals surface area contributed by atoms with Crippen molar-refractivity contribution in [1.82, 2.24) is 15.1 Å². The van der Waals surface area contributed by atoms with Gasteiger partial charge in [-0.1, -0.05) is 0 Å². The highest BCUT2D eigenvalue weighted by Crippen LogP contribution is 2.44. The number of likely N-dealkylation sites (tertiary alicyclic amines) is 1. The maximum absolute atomic E-state index is 13.6. The normalized spacial score (nSPS) is 16.9.